The third-order valence-corrected chi connectivity index (χ3v) is 3.97. The van der Waals surface area contributed by atoms with Gasteiger partial charge in [0.1, 0.15) is 0 Å². The zero-order chi connectivity index (χ0) is 12.4. The number of aromatic amines is 1. The topological polar surface area (TPSA) is 32.9 Å². The molecule has 0 aliphatic carbocycles. The number of aromatic nitrogens is 1. The molecule has 0 bridgehead atoms. The van der Waals surface area contributed by atoms with Crippen molar-refractivity contribution in [2.75, 3.05) is 0 Å². The molecule has 0 amide bonds. The van der Waals surface area contributed by atoms with Gasteiger partial charge in [0.25, 0.3) is 5.56 Å². The summed E-state index contributed by atoms with van der Waals surface area (Å²) < 4.78 is 3.85. The Kier molecular flexibility index (Phi) is 2.99. The number of hydrogen-bond acceptors (Lipinski definition) is 2. The van der Waals surface area contributed by atoms with Gasteiger partial charge in [0.05, 0.1) is 10.1 Å². The number of fused-ring (bicyclic) bond motifs is 1. The van der Waals surface area contributed by atoms with Crippen LogP contribution in [0.1, 0.15) is 11.1 Å². The molecule has 0 saturated heterocycles. The molecule has 1 N–H and O–H groups in total. The van der Waals surface area contributed by atoms with E-state index in [1.807, 2.05) is 36.4 Å². The molecule has 3 aromatic rings. The van der Waals surface area contributed by atoms with Crippen LogP contribution in [0.2, 0.25) is 0 Å². The lowest BCUT2D eigenvalue weighted by Crippen LogP contribution is -2.01. The summed E-state index contributed by atoms with van der Waals surface area (Å²) in [4.78, 5) is 11.8. The van der Waals surface area contributed by atoms with Gasteiger partial charge < -0.3 is 0 Å². The number of nitrogens with one attached hydrogen (secondary N) is 1. The lowest BCUT2D eigenvalue weighted by atomic mass is 10.0. The quantitative estimate of drug-likeness (QED) is 0.764. The van der Waals surface area contributed by atoms with E-state index in [1.165, 1.54) is 17.1 Å². The minimum absolute atomic E-state index is 0.0404. The molecular weight excluding hydrogens is 242 g/mol. The predicted octanol–water partition coefficient (Wildman–Crippen LogP) is 3.37. The van der Waals surface area contributed by atoms with Gasteiger partial charge in [0.15, 0.2) is 0 Å². The van der Waals surface area contributed by atoms with Crippen LogP contribution in [0.5, 0.6) is 0 Å². The lowest BCUT2D eigenvalue weighted by molar-refractivity contribution is 0.968. The second kappa shape index (κ2) is 4.78. The van der Waals surface area contributed by atoms with Gasteiger partial charge in [-0.15, -0.1) is 0 Å². The Balaban J connectivity index is 1.91. The first-order valence-corrected chi connectivity index (χ1v) is 6.79. The van der Waals surface area contributed by atoms with Gasteiger partial charge >= 0.3 is 0 Å². The molecule has 3 heteroatoms. The highest BCUT2D eigenvalue weighted by molar-refractivity contribution is 7.13. The molecule has 1 heterocycles. The van der Waals surface area contributed by atoms with Crippen molar-refractivity contribution in [2.45, 2.75) is 12.8 Å². The van der Waals surface area contributed by atoms with Gasteiger partial charge in [-0.3, -0.25) is 9.17 Å². The predicted molar refractivity (Wildman–Crippen MR) is 76.3 cm³/mol. The molecule has 90 valence electrons. The van der Waals surface area contributed by atoms with Crippen molar-refractivity contribution in [3.63, 3.8) is 0 Å². The van der Waals surface area contributed by atoms with E-state index in [-0.39, 0.29) is 5.56 Å². The largest absolute Gasteiger partial charge is 0.277 e. The summed E-state index contributed by atoms with van der Waals surface area (Å²) in [7, 11) is 0. The molecule has 0 unspecified atom stereocenters. The highest BCUT2D eigenvalue weighted by atomic mass is 32.1. The van der Waals surface area contributed by atoms with Gasteiger partial charge in [-0.25, -0.2) is 0 Å². The van der Waals surface area contributed by atoms with Crippen LogP contribution in [0, 0.1) is 0 Å². The first-order chi connectivity index (χ1) is 8.84. The second-order valence-corrected chi connectivity index (χ2v) is 5.16. The summed E-state index contributed by atoms with van der Waals surface area (Å²) in [5.74, 6) is 0. The van der Waals surface area contributed by atoms with Crippen LogP contribution >= 0.6 is 11.5 Å². The third-order valence-electron chi connectivity index (χ3n) is 3.12. The summed E-state index contributed by atoms with van der Waals surface area (Å²) in [6, 6.07) is 16.4. The number of aryl methyl sites for hydroxylation is 2. The van der Waals surface area contributed by atoms with Gasteiger partial charge in [-0.05, 0) is 30.0 Å². The molecule has 0 aliphatic rings. The maximum Gasteiger partial charge on any atom is 0.266 e. The fourth-order valence-corrected chi connectivity index (χ4v) is 2.98. The van der Waals surface area contributed by atoms with E-state index in [1.54, 1.807) is 0 Å². The molecule has 2 aromatic carbocycles. The summed E-state index contributed by atoms with van der Waals surface area (Å²) in [6.45, 7) is 0. The number of H-pyrrole nitrogens is 1. The molecule has 18 heavy (non-hydrogen) atoms. The van der Waals surface area contributed by atoms with Crippen molar-refractivity contribution in [1.29, 1.82) is 0 Å². The van der Waals surface area contributed by atoms with Crippen LogP contribution in [0.4, 0.5) is 0 Å². The summed E-state index contributed by atoms with van der Waals surface area (Å²) in [6.07, 6.45) is 1.87. The van der Waals surface area contributed by atoms with Crippen molar-refractivity contribution < 1.29 is 0 Å². The molecule has 0 spiro atoms. The van der Waals surface area contributed by atoms with Gasteiger partial charge in [-0.1, -0.05) is 54.0 Å². The van der Waals surface area contributed by atoms with E-state index in [0.29, 0.717) is 0 Å². The zero-order valence-corrected chi connectivity index (χ0v) is 10.7. The molecule has 2 nitrogen and oxygen atoms in total. The Morgan fingerprint density at radius 2 is 1.78 bits per heavy atom. The lowest BCUT2D eigenvalue weighted by Gasteiger charge is -2.02. The van der Waals surface area contributed by atoms with E-state index >= 15 is 0 Å². The number of rotatable bonds is 3. The van der Waals surface area contributed by atoms with E-state index in [4.69, 9.17) is 0 Å². The normalized spacial score (nSPS) is 10.9. The number of hydrogen-bond donors (Lipinski definition) is 1. The standard InChI is InChI=1S/C15H13NOS/c17-15-14-12(7-4-8-13(14)18-16-15)10-9-11-5-2-1-3-6-11/h1-8H,9-10H2,(H,16,17). The smallest absolute Gasteiger partial charge is 0.266 e. The maximum absolute atomic E-state index is 11.8. The minimum atomic E-state index is 0.0404. The monoisotopic (exact) mass is 255 g/mol. The fraction of sp³-hybridized carbons (Fsp3) is 0.133. The van der Waals surface area contributed by atoms with E-state index in [2.05, 4.69) is 16.5 Å². The molecule has 3 rings (SSSR count). The van der Waals surface area contributed by atoms with Crippen molar-refractivity contribution in [3.05, 3.63) is 70.0 Å². The highest BCUT2D eigenvalue weighted by Crippen LogP contribution is 2.19. The van der Waals surface area contributed by atoms with Crippen LogP contribution in [0.25, 0.3) is 10.1 Å². The molecule has 0 aliphatic heterocycles. The summed E-state index contributed by atoms with van der Waals surface area (Å²) in [5.41, 5.74) is 2.48. The van der Waals surface area contributed by atoms with Crippen LogP contribution in [0.15, 0.2) is 53.3 Å². The van der Waals surface area contributed by atoms with E-state index < -0.39 is 0 Å². The van der Waals surface area contributed by atoms with Crippen molar-refractivity contribution in [3.8, 4) is 0 Å². The molecule has 0 radical (unpaired) electrons. The zero-order valence-electron chi connectivity index (χ0n) is 9.85. The SMILES string of the molecule is O=c1[nH]sc2cccc(CCc3ccccc3)c12. The Hall–Kier alpha value is -1.87. The van der Waals surface area contributed by atoms with Gasteiger partial charge in [0, 0.05) is 0 Å². The summed E-state index contributed by atoms with van der Waals surface area (Å²) >= 11 is 1.41. The molecule has 0 atom stereocenters. The first-order valence-electron chi connectivity index (χ1n) is 5.97. The second-order valence-electron chi connectivity index (χ2n) is 4.31. The average molecular weight is 255 g/mol. The highest BCUT2D eigenvalue weighted by Gasteiger charge is 2.06. The van der Waals surface area contributed by atoms with Gasteiger partial charge in [-0.2, -0.15) is 0 Å². The van der Waals surface area contributed by atoms with E-state index in [9.17, 15) is 4.79 Å². The molecular formula is C15H13NOS. The van der Waals surface area contributed by atoms with Crippen molar-refractivity contribution in [1.82, 2.24) is 4.37 Å². The minimum Gasteiger partial charge on any atom is -0.277 e. The van der Waals surface area contributed by atoms with Crippen molar-refractivity contribution in [2.24, 2.45) is 0 Å². The fourth-order valence-electron chi connectivity index (χ4n) is 2.20. The van der Waals surface area contributed by atoms with Crippen LogP contribution < -0.4 is 5.56 Å². The van der Waals surface area contributed by atoms with Crippen molar-refractivity contribution >= 4 is 21.6 Å². The van der Waals surface area contributed by atoms with Crippen LogP contribution in [-0.2, 0) is 12.8 Å². The summed E-state index contributed by atoms with van der Waals surface area (Å²) in [5, 5.41) is 0.860. The molecule has 0 fully saturated rings. The molecule has 0 saturated carbocycles. The Labute approximate surface area is 109 Å². The Morgan fingerprint density at radius 3 is 2.61 bits per heavy atom. The van der Waals surface area contributed by atoms with E-state index in [0.717, 1.165) is 28.5 Å². The maximum atomic E-state index is 11.8. The van der Waals surface area contributed by atoms with Gasteiger partial charge in [0.2, 0.25) is 0 Å². The Morgan fingerprint density at radius 1 is 0.944 bits per heavy atom. The van der Waals surface area contributed by atoms with Crippen LogP contribution in [0.3, 0.4) is 0 Å². The third kappa shape index (κ3) is 2.09. The first kappa shape index (κ1) is 11.2. The number of benzene rings is 2. The average Bonchev–Trinajstić information content (AvgIpc) is 2.80. The van der Waals surface area contributed by atoms with Crippen LogP contribution in [-0.4, -0.2) is 4.37 Å². The Bertz CT molecular complexity index is 712. The molecule has 1 aromatic heterocycles.